The maximum absolute atomic E-state index is 13.1. The number of benzene rings is 1. The summed E-state index contributed by atoms with van der Waals surface area (Å²) in [5.41, 5.74) is 1.08. The van der Waals surface area contributed by atoms with Crippen molar-refractivity contribution in [3.63, 3.8) is 0 Å². The Morgan fingerprint density at radius 3 is 2.50 bits per heavy atom. The number of sulfone groups is 1. The number of hydrogen-bond donors (Lipinski definition) is 0. The van der Waals surface area contributed by atoms with Crippen molar-refractivity contribution in [2.24, 2.45) is 0 Å². The molecule has 0 aliphatic carbocycles. The summed E-state index contributed by atoms with van der Waals surface area (Å²) >= 11 is 0. The third-order valence-corrected chi connectivity index (χ3v) is 7.67. The highest BCUT2D eigenvalue weighted by Crippen LogP contribution is 2.29. The summed E-state index contributed by atoms with van der Waals surface area (Å²) in [6.45, 7) is 7.62. The molecule has 0 saturated carbocycles. The molecule has 2 saturated heterocycles. The standard InChI is InChI=1S/C20H31N3O4S/c1-4-23(17-9-14-28(25,26)15-17)20(24)16(2)21-10-12-22(13-11-21)18-7-5-6-8-19(18)27-3/h5-8,16-17H,4,9-15H2,1-3H3/t16-,17-/m0/s1. The second-order valence-electron chi connectivity index (χ2n) is 7.55. The lowest BCUT2D eigenvalue weighted by Crippen LogP contribution is -2.56. The van der Waals surface area contributed by atoms with Crippen LogP contribution in [0, 0.1) is 0 Å². The molecule has 156 valence electrons. The summed E-state index contributed by atoms with van der Waals surface area (Å²) < 4.78 is 29.1. The molecule has 2 fully saturated rings. The van der Waals surface area contributed by atoms with Crippen molar-refractivity contribution in [3.05, 3.63) is 24.3 Å². The quantitative estimate of drug-likeness (QED) is 0.704. The summed E-state index contributed by atoms with van der Waals surface area (Å²) in [5.74, 6) is 1.18. The predicted molar refractivity (Wildman–Crippen MR) is 111 cm³/mol. The van der Waals surface area contributed by atoms with Crippen molar-refractivity contribution >= 4 is 21.4 Å². The van der Waals surface area contributed by atoms with Gasteiger partial charge in [0.05, 0.1) is 30.3 Å². The van der Waals surface area contributed by atoms with E-state index in [1.807, 2.05) is 32.0 Å². The van der Waals surface area contributed by atoms with Gasteiger partial charge < -0.3 is 14.5 Å². The number of hydrogen-bond acceptors (Lipinski definition) is 6. The lowest BCUT2D eigenvalue weighted by molar-refractivity contribution is -0.138. The number of methoxy groups -OCH3 is 1. The van der Waals surface area contributed by atoms with Crippen molar-refractivity contribution < 1.29 is 17.9 Å². The zero-order valence-electron chi connectivity index (χ0n) is 17.0. The van der Waals surface area contributed by atoms with Gasteiger partial charge in [0.2, 0.25) is 5.91 Å². The van der Waals surface area contributed by atoms with Gasteiger partial charge in [-0.3, -0.25) is 9.69 Å². The Hall–Kier alpha value is -1.80. The van der Waals surface area contributed by atoms with Gasteiger partial charge in [-0.1, -0.05) is 12.1 Å². The predicted octanol–water partition coefficient (Wildman–Crippen LogP) is 1.24. The molecule has 0 unspecified atom stereocenters. The summed E-state index contributed by atoms with van der Waals surface area (Å²) in [6.07, 6.45) is 0.552. The Bertz CT molecular complexity index is 790. The van der Waals surface area contributed by atoms with E-state index in [1.165, 1.54) is 0 Å². The van der Waals surface area contributed by atoms with E-state index in [-0.39, 0.29) is 29.5 Å². The molecule has 2 aliphatic heterocycles. The zero-order chi connectivity index (χ0) is 20.3. The van der Waals surface area contributed by atoms with Crippen LogP contribution in [0.3, 0.4) is 0 Å². The Balaban J connectivity index is 1.61. The highest BCUT2D eigenvalue weighted by atomic mass is 32.2. The molecule has 0 N–H and O–H groups in total. The van der Waals surface area contributed by atoms with Crippen LogP contribution in [-0.4, -0.2) is 87.5 Å². The van der Waals surface area contributed by atoms with Gasteiger partial charge in [-0.2, -0.15) is 0 Å². The van der Waals surface area contributed by atoms with Gasteiger partial charge in [0, 0.05) is 38.8 Å². The molecule has 0 radical (unpaired) electrons. The summed E-state index contributed by atoms with van der Waals surface area (Å²) in [5, 5.41) is 0. The Morgan fingerprint density at radius 2 is 1.93 bits per heavy atom. The molecule has 1 aromatic rings. The van der Waals surface area contributed by atoms with Crippen LogP contribution < -0.4 is 9.64 Å². The first kappa shape index (κ1) is 20.9. The molecule has 1 amide bonds. The molecule has 0 spiro atoms. The average Bonchev–Trinajstić information content (AvgIpc) is 3.07. The minimum absolute atomic E-state index is 0.0374. The van der Waals surface area contributed by atoms with Gasteiger partial charge in [0.25, 0.3) is 0 Å². The Morgan fingerprint density at radius 1 is 1.25 bits per heavy atom. The van der Waals surface area contributed by atoms with E-state index in [2.05, 4.69) is 15.9 Å². The number of likely N-dealkylation sites (N-methyl/N-ethyl adjacent to an activating group) is 1. The highest BCUT2D eigenvalue weighted by Gasteiger charge is 2.37. The van der Waals surface area contributed by atoms with Crippen LogP contribution >= 0.6 is 0 Å². The fraction of sp³-hybridized carbons (Fsp3) is 0.650. The van der Waals surface area contributed by atoms with Gasteiger partial charge in [0.15, 0.2) is 9.84 Å². The largest absolute Gasteiger partial charge is 0.495 e. The molecular formula is C20H31N3O4S. The van der Waals surface area contributed by atoms with E-state index >= 15 is 0 Å². The maximum atomic E-state index is 13.1. The SMILES string of the molecule is CCN(C(=O)[C@H](C)N1CCN(c2ccccc2OC)CC1)[C@H]1CCS(=O)(=O)C1. The summed E-state index contributed by atoms with van der Waals surface area (Å²) in [4.78, 5) is 19.3. The molecule has 2 aliphatic rings. The summed E-state index contributed by atoms with van der Waals surface area (Å²) in [7, 11) is -1.33. The van der Waals surface area contributed by atoms with Gasteiger partial charge in [-0.15, -0.1) is 0 Å². The van der Waals surface area contributed by atoms with Crippen LogP contribution in [0.15, 0.2) is 24.3 Å². The van der Waals surface area contributed by atoms with Crippen molar-refractivity contribution in [1.29, 1.82) is 0 Å². The molecule has 2 heterocycles. The average molecular weight is 410 g/mol. The van der Waals surface area contributed by atoms with E-state index in [0.29, 0.717) is 13.0 Å². The topological polar surface area (TPSA) is 70.2 Å². The van der Waals surface area contributed by atoms with Gasteiger partial charge in [-0.05, 0) is 32.4 Å². The van der Waals surface area contributed by atoms with E-state index in [4.69, 9.17) is 4.74 Å². The first-order chi connectivity index (χ1) is 13.4. The lowest BCUT2D eigenvalue weighted by atomic mass is 10.1. The number of rotatable bonds is 6. The van der Waals surface area contributed by atoms with Crippen molar-refractivity contribution in [2.75, 3.05) is 56.2 Å². The third kappa shape index (κ3) is 4.43. The first-order valence-corrected chi connectivity index (χ1v) is 11.8. The van der Waals surface area contributed by atoms with Gasteiger partial charge >= 0.3 is 0 Å². The number of piperazine rings is 1. The molecule has 7 nitrogen and oxygen atoms in total. The number of amides is 1. The second-order valence-corrected chi connectivity index (χ2v) is 9.78. The van der Waals surface area contributed by atoms with Gasteiger partial charge in [-0.25, -0.2) is 8.42 Å². The Kier molecular flexibility index (Phi) is 6.50. The van der Waals surface area contributed by atoms with E-state index in [9.17, 15) is 13.2 Å². The number of anilines is 1. The van der Waals surface area contributed by atoms with Crippen molar-refractivity contribution in [1.82, 2.24) is 9.80 Å². The first-order valence-electron chi connectivity index (χ1n) is 9.99. The third-order valence-electron chi connectivity index (χ3n) is 5.92. The Labute approximate surface area is 168 Å². The fourth-order valence-corrected chi connectivity index (χ4v) is 5.98. The normalized spacial score (nSPS) is 23.4. The van der Waals surface area contributed by atoms with Crippen molar-refractivity contribution in [2.45, 2.75) is 32.4 Å². The highest BCUT2D eigenvalue weighted by molar-refractivity contribution is 7.91. The van der Waals surface area contributed by atoms with Gasteiger partial charge in [0.1, 0.15) is 5.75 Å². The minimum Gasteiger partial charge on any atom is -0.495 e. The van der Waals surface area contributed by atoms with E-state index in [0.717, 1.165) is 37.6 Å². The zero-order valence-corrected chi connectivity index (χ0v) is 17.8. The molecule has 8 heteroatoms. The molecule has 1 aromatic carbocycles. The number of para-hydroxylation sites is 2. The molecule has 2 atom stereocenters. The van der Waals surface area contributed by atoms with Crippen LogP contribution in [0.1, 0.15) is 20.3 Å². The fourth-order valence-electron chi connectivity index (χ4n) is 4.25. The summed E-state index contributed by atoms with van der Waals surface area (Å²) in [6, 6.07) is 7.56. The molecule has 28 heavy (non-hydrogen) atoms. The molecule has 3 rings (SSSR count). The number of carbonyl (C=O) groups is 1. The number of ether oxygens (including phenoxy) is 1. The van der Waals surface area contributed by atoms with E-state index < -0.39 is 9.84 Å². The number of nitrogens with zero attached hydrogens (tertiary/aromatic N) is 3. The number of carbonyl (C=O) groups excluding carboxylic acids is 1. The maximum Gasteiger partial charge on any atom is 0.239 e. The minimum atomic E-state index is -3.01. The van der Waals surface area contributed by atoms with Crippen LogP contribution in [0.4, 0.5) is 5.69 Å². The monoisotopic (exact) mass is 409 g/mol. The lowest BCUT2D eigenvalue weighted by Gasteiger charge is -2.40. The molecular weight excluding hydrogens is 378 g/mol. The molecule has 0 aromatic heterocycles. The second kappa shape index (κ2) is 8.69. The van der Waals surface area contributed by atoms with Crippen LogP contribution in [0.5, 0.6) is 5.75 Å². The van der Waals surface area contributed by atoms with E-state index in [1.54, 1.807) is 12.0 Å². The van der Waals surface area contributed by atoms with Crippen LogP contribution in [-0.2, 0) is 14.6 Å². The smallest absolute Gasteiger partial charge is 0.239 e. The molecule has 0 bridgehead atoms. The van der Waals surface area contributed by atoms with Crippen molar-refractivity contribution in [3.8, 4) is 5.75 Å². The van der Waals surface area contributed by atoms with Crippen LogP contribution in [0.2, 0.25) is 0 Å². The van der Waals surface area contributed by atoms with Crippen LogP contribution in [0.25, 0.3) is 0 Å².